The fourth-order valence-corrected chi connectivity index (χ4v) is 19.6. The summed E-state index contributed by atoms with van der Waals surface area (Å²) >= 11 is 6.53. The molecule has 4 aliphatic carbocycles. The third-order valence-corrected chi connectivity index (χ3v) is 27.3. The van der Waals surface area contributed by atoms with E-state index in [2.05, 4.69) is 73.0 Å². The third-order valence-electron chi connectivity index (χ3n) is 27.0. The molecule has 2 saturated heterocycles. The van der Waals surface area contributed by atoms with Crippen LogP contribution >= 0.6 is 11.6 Å². The molecule has 16 aromatic rings. The van der Waals surface area contributed by atoms with E-state index in [0.717, 1.165) is 187 Å². The molecule has 2 amide bonds. The van der Waals surface area contributed by atoms with Crippen molar-refractivity contribution in [2.75, 3.05) is 97.5 Å². The summed E-state index contributed by atoms with van der Waals surface area (Å²) in [5.74, 6) is 8.10. The van der Waals surface area contributed by atoms with Crippen LogP contribution < -0.4 is 44.4 Å². The van der Waals surface area contributed by atoms with Crippen LogP contribution in [-0.2, 0) is 35.2 Å². The number of Topliss-reactive ketones (excluding diaryl/α,β-unsaturated/α-hetero) is 2. The lowest BCUT2D eigenvalue weighted by atomic mass is 10.0. The zero-order valence-corrected chi connectivity index (χ0v) is 85.2. The van der Waals surface area contributed by atoms with Crippen molar-refractivity contribution >= 4 is 108 Å². The fourth-order valence-electron chi connectivity index (χ4n) is 19.3. The Morgan fingerprint density at radius 2 is 1.09 bits per heavy atom. The number of imidazole rings is 1. The molecule has 10 aromatic heterocycles. The SMILES string of the molecule is CCC(=O)c1ccc(Cc2nc3c(c(OC4CCCC4)n2)C(c2ccncc2)=CC3)c(OC)c1.CCOc1ccc(C2=CCc3nc(Cc4ccc(C(=O)CC)cc4OC)nc(OC4CCCC4)c32)cn1.COc1nc(Nc2ccc(C(=O)N3CCOCC3)cc2Cl)nc2[nH]cc(-c3ccc(-c4ncc[nH]4)cc3)c12.Cc1nc2ccc(-c3c[nH]c4nc(Nc5ccc(C(=O)N(C)C)cc5C)nc(NC5CCOCC5)c34)cc2o1. The lowest BCUT2D eigenvalue weighted by Crippen LogP contribution is -2.40. The predicted molar refractivity (Wildman–Crippen MR) is 568 cm³/mol. The molecule has 6 N–H and O–H groups in total. The highest BCUT2D eigenvalue weighted by Gasteiger charge is 2.33. The maximum atomic E-state index is 12.8. The minimum absolute atomic E-state index is 0.0390. The second-order valence-corrected chi connectivity index (χ2v) is 37.5. The standard InChI is InChI=1S/C30H33N3O4.C29H31N7O3.C28H29N3O3.C27H24ClN7O3/c1-4-25(34)19-10-11-20(26(16-19)35-3)17-27-32-24-14-13-23(21-12-15-28(31-18-21)36-5-2)29(24)30(33-27)37-22-8-6-7-9-22;1-16-13-19(28(37)36(3)4)6-7-22(16)33-29-34-26-25(27(35-29)32-20-9-11-38-12-10-20)21(15-30-26)18-5-8-23-24(14-18)39-17(2)31-23;1-3-24(32)19-8-9-20(25(16-19)33-2)17-26-30-23-11-10-22(18-12-14-29-15-13-18)27(23)28(31-26)34-21-6-4-5-7-21;1-37-25-22-19(16-2-4-17(5-3-16)23-29-8-9-30-23)15-31-24(22)33-27(34-25)32-21-7-6-18(14-20(21)28)26(36)35-10-12-38-13-11-35/h10-13,15-16,18,22H,4-9,14,17H2,1-3H3;5-8,13-15,20H,9-12H2,1-4H3,(H3,30,32,33,34,35);8-10,12-16,21H,3-7,11,17H2,1-2H3;2-9,14-15H,10-13H2,1H3,(H,29,30)(H2,31,32,33,34). The molecule has 6 aromatic carbocycles. The first kappa shape index (κ1) is 101. The quantitative estimate of drug-likeness (QED) is 0.0228. The van der Waals surface area contributed by atoms with Crippen molar-refractivity contribution in [2.24, 2.45) is 0 Å². The van der Waals surface area contributed by atoms with E-state index in [1.807, 2.05) is 175 Å². The van der Waals surface area contributed by atoms with Gasteiger partial charge >= 0.3 is 0 Å². The van der Waals surface area contributed by atoms with Crippen LogP contribution in [0.4, 0.5) is 29.1 Å². The summed E-state index contributed by atoms with van der Waals surface area (Å²) in [6.45, 7) is 13.7. The number of amides is 2. The lowest BCUT2D eigenvalue weighted by molar-refractivity contribution is 0.0303. The van der Waals surface area contributed by atoms with Crippen LogP contribution in [0.15, 0.2) is 199 Å². The highest BCUT2D eigenvalue weighted by molar-refractivity contribution is 6.33. The number of morpholine rings is 1. The number of ether oxygens (including phenoxy) is 8. The molecule has 2 aliphatic heterocycles. The summed E-state index contributed by atoms with van der Waals surface area (Å²) in [4.78, 5) is 118. The number of aromatic nitrogens is 15. The van der Waals surface area contributed by atoms with Gasteiger partial charge in [0.2, 0.25) is 35.4 Å². The Bertz CT molecular complexity index is 7590. The number of halogens is 1. The average Bonchev–Trinajstić information content (AvgIpc) is 1.63. The maximum absolute atomic E-state index is 12.8. The van der Waals surface area contributed by atoms with Gasteiger partial charge in [0.25, 0.3) is 11.8 Å². The first-order valence-electron chi connectivity index (χ1n) is 50.3. The highest BCUT2D eigenvalue weighted by Crippen LogP contribution is 2.45. The number of pyridine rings is 2. The van der Waals surface area contributed by atoms with Crippen LogP contribution in [0, 0.1) is 13.8 Å². The molecular formula is C114H117ClN20O13. The number of oxazole rings is 1. The molecule has 0 bridgehead atoms. The molecule has 0 spiro atoms. The molecule has 758 valence electrons. The van der Waals surface area contributed by atoms with Crippen molar-refractivity contribution in [1.82, 2.24) is 84.6 Å². The number of hydrogen-bond donors (Lipinski definition) is 6. The van der Waals surface area contributed by atoms with Crippen LogP contribution in [0.3, 0.4) is 0 Å². The molecule has 0 atom stereocenters. The van der Waals surface area contributed by atoms with Gasteiger partial charge in [0.15, 0.2) is 23.0 Å². The van der Waals surface area contributed by atoms with E-state index >= 15 is 0 Å². The number of fused-ring (bicyclic) bond motifs is 5. The van der Waals surface area contributed by atoms with Gasteiger partial charge < -0.3 is 83.0 Å². The molecule has 33 nitrogen and oxygen atoms in total. The largest absolute Gasteiger partial charge is 0.496 e. The summed E-state index contributed by atoms with van der Waals surface area (Å²) in [5.41, 5.74) is 22.6. The zero-order chi connectivity index (χ0) is 102. The van der Waals surface area contributed by atoms with Crippen LogP contribution in [0.5, 0.6) is 35.0 Å². The average molecular weight is 2010 g/mol. The molecule has 0 unspecified atom stereocenters. The summed E-state index contributed by atoms with van der Waals surface area (Å²) in [6, 6.07) is 44.2. The number of methoxy groups -OCH3 is 3. The number of anilines is 5. The number of benzene rings is 6. The van der Waals surface area contributed by atoms with E-state index in [4.69, 9.17) is 83.8 Å². The zero-order valence-electron chi connectivity index (χ0n) is 84.4. The minimum Gasteiger partial charge on any atom is -0.496 e. The number of H-pyrrole nitrogens is 3. The maximum Gasteiger partial charge on any atom is 0.254 e. The lowest BCUT2D eigenvalue weighted by Gasteiger charge is -2.27. The molecular weight excluding hydrogens is 1890 g/mol. The van der Waals surface area contributed by atoms with Gasteiger partial charge in [-0.1, -0.05) is 92.2 Å². The number of aromatic amines is 3. The Kier molecular flexibility index (Phi) is 31.3. The van der Waals surface area contributed by atoms with Crippen molar-refractivity contribution in [2.45, 2.75) is 156 Å². The molecule has 0 radical (unpaired) electrons. The van der Waals surface area contributed by atoms with Crippen LogP contribution in [0.2, 0.25) is 5.02 Å². The minimum atomic E-state index is -0.0720. The molecule has 12 heterocycles. The molecule has 4 fully saturated rings. The number of aryl methyl sites for hydroxylation is 2. The number of carbonyl (C=O) groups excluding carboxylic acids is 4. The molecule has 148 heavy (non-hydrogen) atoms. The van der Waals surface area contributed by atoms with E-state index < -0.39 is 0 Å². The Hall–Kier alpha value is -16.1. The topological polar surface area (TPSA) is 400 Å². The van der Waals surface area contributed by atoms with E-state index in [0.29, 0.717) is 174 Å². The van der Waals surface area contributed by atoms with Crippen LogP contribution in [0.25, 0.3) is 78.0 Å². The van der Waals surface area contributed by atoms with Crippen molar-refractivity contribution in [3.05, 3.63) is 290 Å². The first-order chi connectivity index (χ1) is 72.2. The normalized spacial score (nSPS) is 14.4. The number of hydrogen-bond acceptors (Lipinski definition) is 28. The Labute approximate surface area is 861 Å². The first-order valence-corrected chi connectivity index (χ1v) is 50.7. The molecule has 22 rings (SSSR count). The van der Waals surface area contributed by atoms with Crippen LogP contribution in [0.1, 0.15) is 207 Å². The Balaban J connectivity index is 0.000000124. The van der Waals surface area contributed by atoms with Gasteiger partial charge in [-0.3, -0.25) is 24.2 Å². The van der Waals surface area contributed by atoms with Crippen molar-refractivity contribution in [3.63, 3.8) is 0 Å². The predicted octanol–water partition coefficient (Wildman–Crippen LogP) is 21.5. The molecule has 6 aliphatic rings. The van der Waals surface area contributed by atoms with Gasteiger partial charge in [-0.15, -0.1) is 0 Å². The number of nitrogens with one attached hydrogen (secondary N) is 6. The second kappa shape index (κ2) is 46.1. The fraction of sp³-hybridized carbons (Fsp3) is 0.316. The van der Waals surface area contributed by atoms with Crippen molar-refractivity contribution < 1.29 is 61.5 Å². The summed E-state index contributed by atoms with van der Waals surface area (Å²) in [5, 5.41) is 12.2. The van der Waals surface area contributed by atoms with Gasteiger partial charge in [0.05, 0.1) is 85.1 Å². The summed E-state index contributed by atoms with van der Waals surface area (Å²) in [6.07, 6.45) is 31.6. The van der Waals surface area contributed by atoms with E-state index in [1.165, 1.54) is 25.7 Å². The van der Waals surface area contributed by atoms with Gasteiger partial charge in [0, 0.05) is 203 Å². The number of rotatable bonds is 30. The van der Waals surface area contributed by atoms with Gasteiger partial charge in [-0.25, -0.2) is 24.9 Å². The smallest absolute Gasteiger partial charge is 0.254 e. The summed E-state index contributed by atoms with van der Waals surface area (Å²) in [7, 11) is 8.31. The van der Waals surface area contributed by atoms with Crippen molar-refractivity contribution in [1.29, 1.82) is 0 Å². The Morgan fingerprint density at radius 3 is 1.66 bits per heavy atom. The van der Waals surface area contributed by atoms with Crippen molar-refractivity contribution in [3.8, 4) is 68.7 Å². The van der Waals surface area contributed by atoms with Gasteiger partial charge in [-0.05, 0) is 190 Å². The number of carbonyl (C=O) groups is 4. The number of nitrogens with zero attached hydrogens (tertiary/aromatic N) is 14. The van der Waals surface area contributed by atoms with E-state index in [9.17, 15) is 19.2 Å². The highest BCUT2D eigenvalue weighted by atomic mass is 35.5. The van der Waals surface area contributed by atoms with Gasteiger partial charge in [0.1, 0.15) is 63.8 Å². The molecule has 34 heteroatoms. The Morgan fingerprint density at radius 1 is 0.520 bits per heavy atom. The second-order valence-electron chi connectivity index (χ2n) is 37.1. The number of allylic oxidation sites excluding steroid dienone is 2. The monoisotopic (exact) mass is 2010 g/mol. The van der Waals surface area contributed by atoms with E-state index in [1.54, 1.807) is 88.2 Å². The van der Waals surface area contributed by atoms with Gasteiger partial charge in [-0.2, -0.15) is 29.9 Å². The third kappa shape index (κ3) is 22.9. The van der Waals surface area contributed by atoms with E-state index in [-0.39, 0.29) is 41.6 Å². The number of ketones is 2. The summed E-state index contributed by atoms with van der Waals surface area (Å²) < 4.78 is 52.1. The van der Waals surface area contributed by atoms with Crippen LogP contribution in [-0.4, -0.2) is 208 Å². The molecule has 2 saturated carbocycles.